The van der Waals surface area contributed by atoms with E-state index < -0.39 is 5.91 Å². The zero-order chi connectivity index (χ0) is 18.7. The van der Waals surface area contributed by atoms with E-state index in [0.29, 0.717) is 10.8 Å². The first-order valence-corrected chi connectivity index (χ1v) is 8.95. The molecule has 1 atom stereocenters. The van der Waals surface area contributed by atoms with Crippen LogP contribution in [0.5, 0.6) is 5.75 Å². The molecule has 7 heteroatoms. The number of aromatic nitrogens is 1. The molecule has 0 radical (unpaired) electrons. The van der Waals surface area contributed by atoms with Crippen LogP contribution in [-0.4, -0.2) is 23.9 Å². The van der Waals surface area contributed by atoms with E-state index in [4.69, 9.17) is 10.5 Å². The van der Waals surface area contributed by atoms with Crippen LogP contribution in [0.25, 0.3) is 10.8 Å². The maximum Gasteiger partial charge on any atom is 0.233 e. The zero-order valence-corrected chi connectivity index (χ0v) is 15.3. The fourth-order valence-corrected chi connectivity index (χ4v) is 3.34. The van der Waals surface area contributed by atoms with Gasteiger partial charge in [-0.1, -0.05) is 24.3 Å². The van der Waals surface area contributed by atoms with E-state index in [0.717, 1.165) is 22.1 Å². The lowest BCUT2D eigenvalue weighted by atomic mass is 9.97. The van der Waals surface area contributed by atoms with Gasteiger partial charge in [0.1, 0.15) is 5.75 Å². The Labute approximate surface area is 155 Å². The standard InChI is InChI=1S/C19H19N3O3S/c1-11(18(24)22-19-21-15(10-26-19)9-17(20)23)12-3-4-14-8-16(25-2)6-5-13(14)7-12/h3-8,10-11H,9H2,1-2H3,(H2,20,23)(H,21,22,24)/t11-/m0/s1. The minimum Gasteiger partial charge on any atom is -0.497 e. The molecule has 0 spiro atoms. The minimum absolute atomic E-state index is 0.0655. The summed E-state index contributed by atoms with van der Waals surface area (Å²) >= 11 is 1.27. The van der Waals surface area contributed by atoms with Gasteiger partial charge in [-0.05, 0) is 35.4 Å². The van der Waals surface area contributed by atoms with Gasteiger partial charge in [-0.2, -0.15) is 0 Å². The molecule has 0 aliphatic heterocycles. The Balaban J connectivity index is 1.74. The molecule has 26 heavy (non-hydrogen) atoms. The van der Waals surface area contributed by atoms with E-state index in [1.165, 1.54) is 11.3 Å². The van der Waals surface area contributed by atoms with Crippen molar-refractivity contribution in [1.29, 1.82) is 0 Å². The summed E-state index contributed by atoms with van der Waals surface area (Å²) in [5.41, 5.74) is 6.62. The van der Waals surface area contributed by atoms with Crippen LogP contribution in [0.2, 0.25) is 0 Å². The van der Waals surface area contributed by atoms with Gasteiger partial charge in [0, 0.05) is 5.38 Å². The van der Waals surface area contributed by atoms with Gasteiger partial charge in [0.25, 0.3) is 0 Å². The van der Waals surface area contributed by atoms with Gasteiger partial charge in [0.15, 0.2) is 5.13 Å². The van der Waals surface area contributed by atoms with Crippen molar-refractivity contribution in [3.05, 3.63) is 53.0 Å². The van der Waals surface area contributed by atoms with Gasteiger partial charge in [-0.25, -0.2) is 4.98 Å². The highest BCUT2D eigenvalue weighted by atomic mass is 32.1. The molecular weight excluding hydrogens is 350 g/mol. The number of carbonyl (C=O) groups excluding carboxylic acids is 2. The number of hydrogen-bond acceptors (Lipinski definition) is 5. The van der Waals surface area contributed by atoms with Crippen molar-refractivity contribution in [3.63, 3.8) is 0 Å². The number of ether oxygens (including phenoxy) is 1. The Bertz CT molecular complexity index is 968. The van der Waals surface area contributed by atoms with Gasteiger partial charge in [0.05, 0.1) is 25.1 Å². The number of rotatable bonds is 6. The number of hydrogen-bond donors (Lipinski definition) is 2. The summed E-state index contributed by atoms with van der Waals surface area (Å²) in [6.45, 7) is 1.85. The zero-order valence-electron chi connectivity index (χ0n) is 14.5. The van der Waals surface area contributed by atoms with Crippen LogP contribution < -0.4 is 15.8 Å². The second kappa shape index (κ2) is 7.53. The third-order valence-electron chi connectivity index (χ3n) is 4.10. The van der Waals surface area contributed by atoms with E-state index in [9.17, 15) is 9.59 Å². The second-order valence-electron chi connectivity index (χ2n) is 5.97. The molecule has 2 aromatic carbocycles. The van der Waals surface area contributed by atoms with Gasteiger partial charge in [-0.3, -0.25) is 9.59 Å². The molecule has 0 fully saturated rings. The number of benzene rings is 2. The highest BCUT2D eigenvalue weighted by molar-refractivity contribution is 7.13. The van der Waals surface area contributed by atoms with Gasteiger partial charge in [0.2, 0.25) is 11.8 Å². The van der Waals surface area contributed by atoms with Crippen molar-refractivity contribution in [3.8, 4) is 5.75 Å². The monoisotopic (exact) mass is 369 g/mol. The average Bonchev–Trinajstić information content (AvgIpc) is 3.06. The quantitative estimate of drug-likeness (QED) is 0.698. The normalized spacial score (nSPS) is 11.9. The Morgan fingerprint density at radius 3 is 2.69 bits per heavy atom. The van der Waals surface area contributed by atoms with Crippen LogP contribution in [0.4, 0.5) is 5.13 Å². The SMILES string of the molecule is COc1ccc2cc([C@H](C)C(=O)Nc3nc(CC(N)=O)cs3)ccc2c1. The van der Waals surface area contributed by atoms with E-state index in [1.54, 1.807) is 12.5 Å². The van der Waals surface area contributed by atoms with Gasteiger partial charge >= 0.3 is 0 Å². The number of nitrogens with two attached hydrogens (primary N) is 1. The van der Waals surface area contributed by atoms with Crippen molar-refractivity contribution in [2.24, 2.45) is 5.73 Å². The van der Waals surface area contributed by atoms with Crippen molar-refractivity contribution in [1.82, 2.24) is 4.98 Å². The summed E-state index contributed by atoms with van der Waals surface area (Å²) in [4.78, 5) is 27.7. The third-order valence-corrected chi connectivity index (χ3v) is 4.91. The van der Waals surface area contributed by atoms with E-state index in [2.05, 4.69) is 10.3 Å². The Morgan fingerprint density at radius 1 is 1.23 bits per heavy atom. The number of thiazole rings is 1. The van der Waals surface area contributed by atoms with Crippen molar-refractivity contribution < 1.29 is 14.3 Å². The molecule has 0 saturated heterocycles. The lowest BCUT2D eigenvalue weighted by Crippen LogP contribution is -2.19. The molecule has 6 nitrogen and oxygen atoms in total. The highest BCUT2D eigenvalue weighted by Gasteiger charge is 2.17. The third kappa shape index (κ3) is 4.00. The molecule has 2 amide bonds. The molecule has 0 aliphatic carbocycles. The van der Waals surface area contributed by atoms with Crippen molar-refractivity contribution >= 4 is 39.1 Å². The predicted molar refractivity (Wildman–Crippen MR) is 103 cm³/mol. The molecule has 1 heterocycles. The molecule has 1 aromatic heterocycles. The fraction of sp³-hybridized carbons (Fsp3) is 0.211. The Kier molecular flexibility index (Phi) is 5.18. The average molecular weight is 369 g/mol. The smallest absolute Gasteiger partial charge is 0.233 e. The second-order valence-corrected chi connectivity index (χ2v) is 6.83. The molecule has 3 aromatic rings. The van der Waals surface area contributed by atoms with E-state index >= 15 is 0 Å². The maximum absolute atomic E-state index is 12.5. The summed E-state index contributed by atoms with van der Waals surface area (Å²) in [6.07, 6.45) is 0.0655. The highest BCUT2D eigenvalue weighted by Crippen LogP contribution is 2.26. The largest absolute Gasteiger partial charge is 0.497 e. The van der Waals surface area contributed by atoms with Gasteiger partial charge < -0.3 is 15.8 Å². The summed E-state index contributed by atoms with van der Waals surface area (Å²) in [5, 5.41) is 7.07. The first kappa shape index (κ1) is 17.9. The lowest BCUT2D eigenvalue weighted by molar-refractivity contribution is -0.118. The summed E-state index contributed by atoms with van der Waals surface area (Å²) in [7, 11) is 1.63. The number of amides is 2. The first-order valence-electron chi connectivity index (χ1n) is 8.07. The van der Waals surface area contributed by atoms with Crippen LogP contribution in [-0.2, 0) is 16.0 Å². The molecular formula is C19H19N3O3S. The first-order chi connectivity index (χ1) is 12.5. The molecule has 0 unspecified atom stereocenters. The molecule has 0 bridgehead atoms. The van der Waals surface area contributed by atoms with Gasteiger partial charge in [-0.15, -0.1) is 11.3 Å². The van der Waals surface area contributed by atoms with Crippen LogP contribution >= 0.6 is 11.3 Å². The Morgan fingerprint density at radius 2 is 1.96 bits per heavy atom. The van der Waals surface area contributed by atoms with E-state index in [1.807, 2.05) is 43.3 Å². The molecule has 3 rings (SSSR count). The number of anilines is 1. The molecule has 134 valence electrons. The Hall–Kier alpha value is -2.93. The minimum atomic E-state index is -0.450. The number of primary amides is 1. The summed E-state index contributed by atoms with van der Waals surface area (Å²) in [6, 6.07) is 11.7. The van der Waals surface area contributed by atoms with Crippen molar-refractivity contribution in [2.45, 2.75) is 19.3 Å². The van der Waals surface area contributed by atoms with E-state index in [-0.39, 0.29) is 18.2 Å². The van der Waals surface area contributed by atoms with Crippen LogP contribution in [0.1, 0.15) is 24.1 Å². The molecule has 3 N–H and O–H groups in total. The number of nitrogens with one attached hydrogen (secondary N) is 1. The fourth-order valence-electron chi connectivity index (χ4n) is 2.63. The molecule has 0 aliphatic rings. The summed E-state index contributed by atoms with van der Waals surface area (Å²) < 4.78 is 5.23. The number of fused-ring (bicyclic) bond motifs is 1. The van der Waals surface area contributed by atoms with Crippen LogP contribution in [0.3, 0.4) is 0 Å². The number of carbonyl (C=O) groups is 2. The van der Waals surface area contributed by atoms with Crippen molar-refractivity contribution in [2.75, 3.05) is 12.4 Å². The van der Waals surface area contributed by atoms with Crippen LogP contribution in [0.15, 0.2) is 41.8 Å². The predicted octanol–water partition coefficient (Wildman–Crippen LogP) is 3.07. The lowest BCUT2D eigenvalue weighted by Gasteiger charge is -2.12. The topological polar surface area (TPSA) is 94.3 Å². The summed E-state index contributed by atoms with van der Waals surface area (Å²) in [5.74, 6) is -0.149. The maximum atomic E-state index is 12.5. The van der Waals surface area contributed by atoms with Crippen LogP contribution in [0, 0.1) is 0 Å². The molecule has 0 saturated carbocycles. The number of methoxy groups -OCH3 is 1. The number of nitrogens with zero attached hydrogens (tertiary/aromatic N) is 1.